The van der Waals surface area contributed by atoms with Crippen LogP contribution < -0.4 is 15.4 Å². The van der Waals surface area contributed by atoms with Crippen LogP contribution in [0.5, 0.6) is 5.75 Å². The van der Waals surface area contributed by atoms with Crippen molar-refractivity contribution in [3.8, 4) is 5.75 Å². The molecule has 3 aromatic carbocycles. The van der Waals surface area contributed by atoms with E-state index >= 15 is 0 Å². The number of rotatable bonds is 6. The number of carbonyl (C=O) groups excluding carboxylic acids is 2. The largest absolute Gasteiger partial charge is 0.496 e. The minimum Gasteiger partial charge on any atom is -0.496 e. The Morgan fingerprint density at radius 1 is 0.857 bits per heavy atom. The minimum absolute atomic E-state index is 0.152. The summed E-state index contributed by atoms with van der Waals surface area (Å²) in [5.41, 5.74) is 4.01. The van der Waals surface area contributed by atoms with Crippen molar-refractivity contribution in [2.24, 2.45) is 0 Å². The number of nitrogens with one attached hydrogen (secondary N) is 2. The molecule has 0 radical (unpaired) electrons. The Morgan fingerprint density at radius 3 is 2.18 bits per heavy atom. The number of hydrogen-bond acceptors (Lipinski definition) is 3. The van der Waals surface area contributed by atoms with Crippen molar-refractivity contribution in [2.45, 2.75) is 13.3 Å². The van der Waals surface area contributed by atoms with Gasteiger partial charge in [-0.15, -0.1) is 0 Å². The average molecular weight is 374 g/mol. The van der Waals surface area contributed by atoms with Crippen molar-refractivity contribution in [3.05, 3.63) is 89.5 Å². The third-order valence-electron chi connectivity index (χ3n) is 4.24. The molecule has 5 nitrogen and oxygen atoms in total. The van der Waals surface area contributed by atoms with Crippen LogP contribution in [0.2, 0.25) is 0 Å². The number of hydrogen-bond donors (Lipinski definition) is 2. The summed E-state index contributed by atoms with van der Waals surface area (Å²) >= 11 is 0. The molecule has 0 aliphatic carbocycles. The lowest BCUT2D eigenvalue weighted by Gasteiger charge is -2.12. The number of anilines is 2. The molecule has 0 atom stereocenters. The van der Waals surface area contributed by atoms with Crippen LogP contribution in [0.4, 0.5) is 11.4 Å². The van der Waals surface area contributed by atoms with Gasteiger partial charge in [0.25, 0.3) is 5.91 Å². The molecule has 0 bridgehead atoms. The fourth-order valence-corrected chi connectivity index (χ4v) is 2.92. The highest BCUT2D eigenvalue weighted by Crippen LogP contribution is 2.25. The van der Waals surface area contributed by atoms with Crippen LogP contribution in [-0.4, -0.2) is 18.9 Å². The number of amides is 2. The van der Waals surface area contributed by atoms with Gasteiger partial charge in [0.2, 0.25) is 5.91 Å². The van der Waals surface area contributed by atoms with Crippen LogP contribution >= 0.6 is 0 Å². The minimum atomic E-state index is -0.217. The van der Waals surface area contributed by atoms with Crippen molar-refractivity contribution in [1.82, 2.24) is 0 Å². The first-order chi connectivity index (χ1) is 13.5. The maximum absolute atomic E-state index is 12.5. The summed E-state index contributed by atoms with van der Waals surface area (Å²) in [6.45, 7) is 1.44. The standard InChI is InChI=1S/C23H22N2O3/c1-16(26)24-20-10-8-18(9-11-20)23(27)25-21-12-13-22(28-2)19(15-21)14-17-6-4-3-5-7-17/h3-13,15H,14H2,1-2H3,(H,24,26)(H,25,27). The van der Waals surface area contributed by atoms with Gasteiger partial charge in [-0.05, 0) is 48.0 Å². The van der Waals surface area contributed by atoms with Gasteiger partial charge in [-0.1, -0.05) is 30.3 Å². The Bertz CT molecular complexity index is 967. The molecule has 142 valence electrons. The maximum Gasteiger partial charge on any atom is 0.255 e. The molecular weight excluding hydrogens is 352 g/mol. The van der Waals surface area contributed by atoms with E-state index in [9.17, 15) is 9.59 Å². The van der Waals surface area contributed by atoms with Crippen LogP contribution in [-0.2, 0) is 11.2 Å². The van der Waals surface area contributed by atoms with E-state index in [0.717, 1.165) is 16.9 Å². The molecule has 0 fully saturated rings. The zero-order chi connectivity index (χ0) is 19.9. The Hall–Kier alpha value is -3.60. The molecule has 2 N–H and O–H groups in total. The molecule has 0 saturated carbocycles. The van der Waals surface area contributed by atoms with Crippen LogP contribution in [0.3, 0.4) is 0 Å². The van der Waals surface area contributed by atoms with E-state index in [1.54, 1.807) is 31.4 Å². The average Bonchev–Trinajstić information content (AvgIpc) is 2.69. The van der Waals surface area contributed by atoms with Crippen LogP contribution in [0.25, 0.3) is 0 Å². The van der Waals surface area contributed by atoms with Crippen molar-refractivity contribution in [3.63, 3.8) is 0 Å². The van der Waals surface area contributed by atoms with E-state index in [4.69, 9.17) is 4.74 Å². The second-order valence-electron chi connectivity index (χ2n) is 6.40. The molecule has 0 heterocycles. The van der Waals surface area contributed by atoms with Crippen LogP contribution in [0.15, 0.2) is 72.8 Å². The second-order valence-corrected chi connectivity index (χ2v) is 6.40. The molecule has 0 spiro atoms. The topological polar surface area (TPSA) is 67.4 Å². The first-order valence-corrected chi connectivity index (χ1v) is 8.95. The van der Waals surface area contributed by atoms with Gasteiger partial charge < -0.3 is 15.4 Å². The van der Waals surface area contributed by atoms with E-state index in [2.05, 4.69) is 22.8 Å². The lowest BCUT2D eigenvalue weighted by Crippen LogP contribution is -2.12. The molecule has 0 saturated heterocycles. The second kappa shape index (κ2) is 8.86. The highest BCUT2D eigenvalue weighted by molar-refractivity contribution is 6.04. The van der Waals surface area contributed by atoms with Crippen molar-refractivity contribution in [2.75, 3.05) is 17.7 Å². The predicted molar refractivity (Wildman–Crippen MR) is 111 cm³/mol. The Morgan fingerprint density at radius 2 is 1.54 bits per heavy atom. The molecule has 3 aromatic rings. The van der Waals surface area contributed by atoms with Gasteiger partial charge in [0.15, 0.2) is 0 Å². The molecule has 2 amide bonds. The van der Waals surface area contributed by atoms with E-state index < -0.39 is 0 Å². The fraction of sp³-hybridized carbons (Fsp3) is 0.130. The quantitative estimate of drug-likeness (QED) is 0.668. The van der Waals surface area contributed by atoms with Gasteiger partial charge in [0, 0.05) is 35.8 Å². The van der Waals surface area contributed by atoms with E-state index in [-0.39, 0.29) is 11.8 Å². The van der Waals surface area contributed by atoms with Crippen molar-refractivity contribution in [1.29, 1.82) is 0 Å². The summed E-state index contributed by atoms with van der Waals surface area (Å²) < 4.78 is 5.46. The summed E-state index contributed by atoms with van der Waals surface area (Å²) in [4.78, 5) is 23.6. The van der Waals surface area contributed by atoms with Crippen molar-refractivity contribution < 1.29 is 14.3 Å². The molecule has 0 aliphatic heterocycles. The van der Waals surface area contributed by atoms with Gasteiger partial charge in [-0.25, -0.2) is 0 Å². The number of ether oxygens (including phenoxy) is 1. The summed E-state index contributed by atoms with van der Waals surface area (Å²) in [6.07, 6.45) is 0.707. The van der Waals surface area contributed by atoms with Crippen LogP contribution in [0, 0.1) is 0 Å². The fourth-order valence-electron chi connectivity index (χ4n) is 2.92. The van der Waals surface area contributed by atoms with E-state index in [1.807, 2.05) is 36.4 Å². The molecule has 3 rings (SSSR count). The highest BCUT2D eigenvalue weighted by atomic mass is 16.5. The van der Waals surface area contributed by atoms with E-state index in [1.165, 1.54) is 6.92 Å². The predicted octanol–water partition coefficient (Wildman–Crippen LogP) is 4.50. The normalized spacial score (nSPS) is 10.2. The molecule has 28 heavy (non-hydrogen) atoms. The lowest BCUT2D eigenvalue weighted by molar-refractivity contribution is -0.114. The van der Waals surface area contributed by atoms with E-state index in [0.29, 0.717) is 23.4 Å². The molecule has 0 aliphatic rings. The van der Waals surface area contributed by atoms with Gasteiger partial charge >= 0.3 is 0 Å². The molecule has 5 heteroatoms. The smallest absolute Gasteiger partial charge is 0.255 e. The summed E-state index contributed by atoms with van der Waals surface area (Å²) in [6, 6.07) is 22.4. The Labute approximate surface area is 164 Å². The van der Waals surface area contributed by atoms with Gasteiger partial charge in [-0.3, -0.25) is 9.59 Å². The van der Waals surface area contributed by atoms with Gasteiger partial charge in [0.05, 0.1) is 7.11 Å². The third kappa shape index (κ3) is 4.98. The number of carbonyl (C=O) groups is 2. The molecule has 0 aromatic heterocycles. The van der Waals surface area contributed by atoms with Crippen molar-refractivity contribution >= 4 is 23.2 Å². The lowest BCUT2D eigenvalue weighted by atomic mass is 10.0. The first kappa shape index (κ1) is 19.2. The summed E-state index contributed by atoms with van der Waals surface area (Å²) in [5, 5.41) is 5.59. The molecule has 0 unspecified atom stereocenters. The van der Waals surface area contributed by atoms with Gasteiger partial charge in [0.1, 0.15) is 5.75 Å². The van der Waals surface area contributed by atoms with Crippen LogP contribution in [0.1, 0.15) is 28.4 Å². The Kier molecular flexibility index (Phi) is 6.07. The highest BCUT2D eigenvalue weighted by Gasteiger charge is 2.10. The third-order valence-corrected chi connectivity index (χ3v) is 4.24. The SMILES string of the molecule is COc1ccc(NC(=O)c2ccc(NC(C)=O)cc2)cc1Cc1ccccc1. The monoisotopic (exact) mass is 374 g/mol. The summed E-state index contributed by atoms with van der Waals surface area (Å²) in [5.74, 6) is 0.410. The van der Waals surface area contributed by atoms with Gasteiger partial charge in [-0.2, -0.15) is 0 Å². The Balaban J connectivity index is 1.75. The summed E-state index contributed by atoms with van der Waals surface area (Å²) in [7, 11) is 1.64. The zero-order valence-corrected chi connectivity index (χ0v) is 15.9. The number of benzene rings is 3. The number of methoxy groups -OCH3 is 1. The molecular formula is C23H22N2O3. The maximum atomic E-state index is 12.5. The zero-order valence-electron chi connectivity index (χ0n) is 15.9. The first-order valence-electron chi connectivity index (χ1n) is 8.95.